The zero-order valence-corrected chi connectivity index (χ0v) is 13.0. The van der Waals surface area contributed by atoms with Crippen LogP contribution in [0.1, 0.15) is 10.4 Å². The highest BCUT2D eigenvalue weighted by molar-refractivity contribution is 9.10. The van der Waals surface area contributed by atoms with Crippen LogP contribution in [0.2, 0.25) is 0 Å². The normalized spacial score (nSPS) is 10.4. The molecular weight excluding hydrogens is 346 g/mol. The molecule has 1 aromatic heterocycles. The van der Waals surface area contributed by atoms with Crippen LogP contribution >= 0.6 is 15.9 Å². The minimum Gasteiger partial charge on any atom is -0.507 e. The minimum absolute atomic E-state index is 0.0804. The van der Waals surface area contributed by atoms with Crippen LogP contribution in [0.5, 0.6) is 5.75 Å². The first-order valence-electron chi connectivity index (χ1n) is 6.54. The summed E-state index contributed by atoms with van der Waals surface area (Å²) in [6.45, 7) is 0. The number of carbonyl (C=O) groups excluding carboxylic acids is 1. The van der Waals surface area contributed by atoms with Crippen LogP contribution in [0.25, 0.3) is 5.69 Å². The fraction of sp³-hybridized carbons (Fsp3) is 0. The number of hydrogen-bond donors (Lipinski definition) is 2. The molecule has 2 N–H and O–H groups in total. The molecule has 1 amide bonds. The Morgan fingerprint density at radius 3 is 2.68 bits per heavy atom. The molecule has 0 aliphatic heterocycles. The van der Waals surface area contributed by atoms with E-state index in [1.54, 1.807) is 29.1 Å². The largest absolute Gasteiger partial charge is 0.507 e. The third-order valence-corrected chi connectivity index (χ3v) is 3.55. The molecular formula is C16H12BrN3O2. The number of aromatic hydroxyl groups is 1. The van der Waals surface area contributed by atoms with E-state index in [-0.39, 0.29) is 11.3 Å². The van der Waals surface area contributed by atoms with Crippen molar-refractivity contribution >= 4 is 27.7 Å². The predicted octanol–water partition coefficient (Wildman–Crippen LogP) is 3.59. The Bertz CT molecular complexity index is 815. The van der Waals surface area contributed by atoms with Gasteiger partial charge in [0.2, 0.25) is 0 Å². The first kappa shape index (κ1) is 14.3. The predicted molar refractivity (Wildman–Crippen MR) is 87.3 cm³/mol. The first-order valence-corrected chi connectivity index (χ1v) is 7.34. The summed E-state index contributed by atoms with van der Waals surface area (Å²) in [4.78, 5) is 12.2. The van der Waals surface area contributed by atoms with Crippen LogP contribution < -0.4 is 5.32 Å². The molecule has 0 aliphatic carbocycles. The molecule has 0 radical (unpaired) electrons. The van der Waals surface area contributed by atoms with Crippen molar-refractivity contribution in [3.05, 3.63) is 70.8 Å². The average Bonchev–Trinajstić information content (AvgIpc) is 2.99. The van der Waals surface area contributed by atoms with E-state index in [0.29, 0.717) is 10.3 Å². The van der Waals surface area contributed by atoms with Gasteiger partial charge in [-0.1, -0.05) is 34.1 Å². The molecule has 0 bridgehead atoms. The number of aromatic nitrogens is 2. The lowest BCUT2D eigenvalue weighted by molar-refractivity contribution is 0.102. The second-order valence-electron chi connectivity index (χ2n) is 4.60. The number of benzene rings is 2. The van der Waals surface area contributed by atoms with Gasteiger partial charge in [0.05, 0.1) is 11.3 Å². The Hall–Kier alpha value is -2.60. The van der Waals surface area contributed by atoms with Crippen molar-refractivity contribution in [2.75, 3.05) is 5.32 Å². The monoisotopic (exact) mass is 357 g/mol. The third-order valence-electron chi connectivity index (χ3n) is 3.05. The Labute approximate surface area is 135 Å². The summed E-state index contributed by atoms with van der Waals surface area (Å²) >= 11 is 3.27. The number of phenols is 1. The number of anilines is 1. The van der Waals surface area contributed by atoms with Gasteiger partial charge in [0.25, 0.3) is 5.91 Å². The van der Waals surface area contributed by atoms with E-state index in [1.807, 2.05) is 30.3 Å². The van der Waals surface area contributed by atoms with Gasteiger partial charge < -0.3 is 10.4 Å². The van der Waals surface area contributed by atoms with Gasteiger partial charge in [-0.2, -0.15) is 5.10 Å². The van der Waals surface area contributed by atoms with Crippen molar-refractivity contribution < 1.29 is 9.90 Å². The highest BCUT2D eigenvalue weighted by atomic mass is 79.9. The molecule has 6 heteroatoms. The Kier molecular flexibility index (Phi) is 3.93. The molecule has 0 aliphatic rings. The van der Waals surface area contributed by atoms with Gasteiger partial charge in [0.1, 0.15) is 5.75 Å². The van der Waals surface area contributed by atoms with Crippen molar-refractivity contribution in [1.82, 2.24) is 9.78 Å². The molecule has 3 rings (SSSR count). The summed E-state index contributed by atoms with van der Waals surface area (Å²) < 4.78 is 2.38. The van der Waals surface area contributed by atoms with Crippen molar-refractivity contribution in [1.29, 1.82) is 0 Å². The molecule has 110 valence electrons. The molecule has 0 fully saturated rings. The molecule has 0 atom stereocenters. The second-order valence-corrected chi connectivity index (χ2v) is 5.51. The topological polar surface area (TPSA) is 67.2 Å². The molecule has 0 saturated carbocycles. The highest BCUT2D eigenvalue weighted by Gasteiger charge is 2.13. The number of nitrogens with zero attached hydrogens (tertiary/aromatic N) is 2. The number of rotatable bonds is 3. The molecule has 22 heavy (non-hydrogen) atoms. The lowest BCUT2D eigenvalue weighted by atomic mass is 10.2. The lowest BCUT2D eigenvalue weighted by Crippen LogP contribution is -2.13. The summed E-state index contributed by atoms with van der Waals surface area (Å²) in [6, 6.07) is 15.9. The summed E-state index contributed by atoms with van der Waals surface area (Å²) in [7, 11) is 0. The number of hydrogen-bond acceptors (Lipinski definition) is 3. The van der Waals surface area contributed by atoms with E-state index in [2.05, 4.69) is 26.3 Å². The summed E-state index contributed by atoms with van der Waals surface area (Å²) in [6.07, 6.45) is 1.76. The van der Waals surface area contributed by atoms with Gasteiger partial charge in [-0.05, 0) is 30.3 Å². The van der Waals surface area contributed by atoms with Crippen LogP contribution in [-0.2, 0) is 0 Å². The van der Waals surface area contributed by atoms with Gasteiger partial charge in [0.15, 0.2) is 5.82 Å². The van der Waals surface area contributed by atoms with Crippen LogP contribution in [-0.4, -0.2) is 20.8 Å². The van der Waals surface area contributed by atoms with E-state index in [1.165, 1.54) is 6.07 Å². The Morgan fingerprint density at radius 1 is 1.14 bits per heavy atom. The number of halogens is 1. The van der Waals surface area contributed by atoms with Gasteiger partial charge in [-0.3, -0.25) is 4.79 Å². The Balaban J connectivity index is 1.81. The number of phenolic OH excluding ortho intramolecular Hbond substituents is 1. The van der Waals surface area contributed by atoms with Gasteiger partial charge >= 0.3 is 0 Å². The molecule has 5 nitrogen and oxygen atoms in total. The van der Waals surface area contributed by atoms with E-state index < -0.39 is 5.91 Å². The molecule has 2 aromatic carbocycles. The molecule has 0 unspecified atom stereocenters. The molecule has 3 aromatic rings. The smallest absolute Gasteiger partial charge is 0.260 e. The number of amides is 1. The van der Waals surface area contributed by atoms with E-state index >= 15 is 0 Å². The van der Waals surface area contributed by atoms with E-state index in [9.17, 15) is 9.90 Å². The number of para-hydroxylation sites is 1. The average molecular weight is 358 g/mol. The maximum Gasteiger partial charge on any atom is 0.260 e. The highest BCUT2D eigenvalue weighted by Crippen LogP contribution is 2.22. The summed E-state index contributed by atoms with van der Waals surface area (Å²) in [5.41, 5.74) is 1.08. The standard InChI is InChI=1S/C16H12BrN3O2/c17-11-6-7-14(21)13(10-11)16(22)18-15-8-9-20(19-15)12-4-2-1-3-5-12/h1-10,21H,(H,18,19,22). The maximum absolute atomic E-state index is 12.2. The summed E-state index contributed by atoms with van der Waals surface area (Å²) in [5, 5.41) is 16.7. The zero-order valence-electron chi connectivity index (χ0n) is 11.4. The first-order chi connectivity index (χ1) is 10.6. The lowest BCUT2D eigenvalue weighted by Gasteiger charge is -2.05. The van der Waals surface area contributed by atoms with Crippen LogP contribution in [0.3, 0.4) is 0 Å². The molecule has 0 spiro atoms. The Morgan fingerprint density at radius 2 is 1.91 bits per heavy atom. The van der Waals surface area contributed by atoms with Crippen LogP contribution in [0.15, 0.2) is 65.3 Å². The van der Waals surface area contributed by atoms with Crippen molar-refractivity contribution in [2.24, 2.45) is 0 Å². The zero-order chi connectivity index (χ0) is 15.5. The van der Waals surface area contributed by atoms with Gasteiger partial charge in [-0.15, -0.1) is 0 Å². The number of carbonyl (C=O) groups is 1. The van der Waals surface area contributed by atoms with Gasteiger partial charge in [-0.25, -0.2) is 4.68 Å². The quantitative estimate of drug-likeness (QED) is 0.752. The van der Waals surface area contributed by atoms with Crippen LogP contribution in [0, 0.1) is 0 Å². The van der Waals surface area contributed by atoms with Crippen molar-refractivity contribution in [3.63, 3.8) is 0 Å². The number of nitrogens with one attached hydrogen (secondary N) is 1. The van der Waals surface area contributed by atoms with E-state index in [0.717, 1.165) is 5.69 Å². The molecule has 0 saturated heterocycles. The minimum atomic E-state index is -0.419. The van der Waals surface area contributed by atoms with Gasteiger partial charge in [0, 0.05) is 16.7 Å². The van der Waals surface area contributed by atoms with Crippen molar-refractivity contribution in [2.45, 2.75) is 0 Å². The van der Waals surface area contributed by atoms with Crippen LogP contribution in [0.4, 0.5) is 5.82 Å². The maximum atomic E-state index is 12.2. The molecule has 1 heterocycles. The van der Waals surface area contributed by atoms with E-state index in [4.69, 9.17) is 0 Å². The second kappa shape index (κ2) is 6.03. The fourth-order valence-corrected chi connectivity index (χ4v) is 2.35. The summed E-state index contributed by atoms with van der Waals surface area (Å²) in [5.74, 6) is -0.0893. The third kappa shape index (κ3) is 3.01. The SMILES string of the molecule is O=C(Nc1ccn(-c2ccccc2)n1)c1cc(Br)ccc1O. The van der Waals surface area contributed by atoms with Crippen molar-refractivity contribution in [3.8, 4) is 11.4 Å². The fourth-order valence-electron chi connectivity index (χ4n) is 1.99.